The maximum absolute atomic E-state index is 11.2. The highest BCUT2D eigenvalue weighted by Gasteiger charge is 2.26. The Labute approximate surface area is 49.6 Å². The Balaban J connectivity index is 3.17. The Morgan fingerprint density at radius 3 is 2.33 bits per heavy atom. The van der Waals surface area contributed by atoms with Gasteiger partial charge in [-0.1, -0.05) is 0 Å². The highest BCUT2D eigenvalue weighted by atomic mass is 19.4. The van der Waals surface area contributed by atoms with Gasteiger partial charge in [0.1, 0.15) is 6.61 Å². The van der Waals surface area contributed by atoms with Gasteiger partial charge in [-0.05, 0) is 0 Å². The lowest BCUT2D eigenvalue weighted by molar-refractivity contribution is -0.140. The Hall–Kier alpha value is -0.740. The molecule has 0 bridgehead atoms. The van der Waals surface area contributed by atoms with E-state index in [1.807, 2.05) is 0 Å². The zero-order valence-electron chi connectivity index (χ0n) is 4.36. The minimum atomic E-state index is -4.25. The molecule has 0 fully saturated rings. The Kier molecular flexibility index (Phi) is 3.05. The van der Waals surface area contributed by atoms with Crippen LogP contribution in [-0.4, -0.2) is 19.3 Å². The van der Waals surface area contributed by atoms with E-state index < -0.39 is 19.2 Å². The normalized spacial score (nSPS) is 11.0. The molecule has 0 aromatic rings. The number of rotatable bonds is 3. The van der Waals surface area contributed by atoms with Crippen molar-refractivity contribution >= 4 is 6.47 Å². The lowest BCUT2D eigenvalue weighted by Crippen LogP contribution is -2.10. The fourth-order valence-corrected chi connectivity index (χ4v) is 0.208. The summed E-state index contributed by atoms with van der Waals surface area (Å²) in [4.78, 5) is 9.18. The molecule has 2 nitrogen and oxygen atoms in total. The first-order valence-electron chi connectivity index (χ1n) is 2.12. The molecule has 9 heavy (non-hydrogen) atoms. The third-order valence-electron chi connectivity index (χ3n) is 0.547. The van der Waals surface area contributed by atoms with Crippen molar-refractivity contribution in [2.45, 2.75) is 12.6 Å². The molecule has 5 heteroatoms. The van der Waals surface area contributed by atoms with E-state index >= 15 is 0 Å². The summed E-state index contributed by atoms with van der Waals surface area (Å²) in [5.74, 6) is 0. The monoisotopic (exact) mass is 141 g/mol. The zero-order chi connectivity index (χ0) is 7.33. The van der Waals surface area contributed by atoms with Gasteiger partial charge in [0.25, 0.3) is 0 Å². The van der Waals surface area contributed by atoms with Crippen molar-refractivity contribution in [1.82, 2.24) is 0 Å². The number of ether oxygens (including phenoxy) is 1. The molecule has 0 atom stereocenters. The molecule has 0 rings (SSSR count). The third-order valence-corrected chi connectivity index (χ3v) is 0.547. The van der Waals surface area contributed by atoms with Gasteiger partial charge in [-0.25, -0.2) is 4.79 Å². The molecule has 53 valence electrons. The third kappa shape index (κ3) is 7.26. The van der Waals surface area contributed by atoms with Crippen molar-refractivity contribution in [3.05, 3.63) is 0 Å². The van der Waals surface area contributed by atoms with Crippen molar-refractivity contribution in [1.29, 1.82) is 0 Å². The van der Waals surface area contributed by atoms with Crippen LogP contribution in [-0.2, 0) is 9.53 Å². The van der Waals surface area contributed by atoms with Crippen LogP contribution in [0.3, 0.4) is 0 Å². The fraction of sp³-hybridized carbons (Fsp3) is 0.750. The van der Waals surface area contributed by atoms with Gasteiger partial charge in [-0.15, -0.1) is 0 Å². The number of carbonyl (C=O) groups excluding carboxylic acids is 1. The molecule has 0 saturated carbocycles. The molecular formula is C4H4F3O2. The summed E-state index contributed by atoms with van der Waals surface area (Å²) in [6.07, 6.45) is -5.36. The average Bonchev–Trinajstić information content (AvgIpc) is 1.63. The second kappa shape index (κ2) is 3.32. The van der Waals surface area contributed by atoms with E-state index in [1.165, 1.54) is 0 Å². The maximum Gasteiger partial charge on any atom is 0.417 e. The largest absolute Gasteiger partial charge is 0.457 e. The molecular weight excluding hydrogens is 137 g/mol. The highest BCUT2D eigenvalue weighted by Crippen LogP contribution is 2.18. The number of hydrogen-bond acceptors (Lipinski definition) is 2. The molecule has 0 amide bonds. The van der Waals surface area contributed by atoms with Gasteiger partial charge in [-0.3, -0.25) is 0 Å². The molecule has 0 N–H and O–H groups in total. The summed E-state index contributed by atoms with van der Waals surface area (Å²) in [6.45, 7) is 0.244. The summed E-state index contributed by atoms with van der Waals surface area (Å²) < 4.78 is 37.2. The van der Waals surface area contributed by atoms with Gasteiger partial charge in [-0.2, -0.15) is 13.2 Å². The fourth-order valence-electron chi connectivity index (χ4n) is 0.208. The molecule has 0 heterocycles. The minimum Gasteiger partial charge on any atom is -0.457 e. The second-order valence-corrected chi connectivity index (χ2v) is 1.30. The van der Waals surface area contributed by atoms with Crippen LogP contribution in [0, 0.1) is 0 Å². The SMILES string of the molecule is O=[C]OCCC(F)(F)F. The molecule has 0 aliphatic heterocycles. The van der Waals surface area contributed by atoms with E-state index in [2.05, 4.69) is 4.74 Å². The average molecular weight is 141 g/mol. The van der Waals surface area contributed by atoms with Crippen LogP contribution in [0.5, 0.6) is 0 Å². The molecule has 0 aromatic carbocycles. The first-order valence-corrected chi connectivity index (χ1v) is 2.12. The van der Waals surface area contributed by atoms with Crippen molar-refractivity contribution in [2.75, 3.05) is 6.61 Å². The Morgan fingerprint density at radius 2 is 2.00 bits per heavy atom. The predicted octanol–water partition coefficient (Wildman–Crippen LogP) is 1.02. The quantitative estimate of drug-likeness (QED) is 0.548. The van der Waals surface area contributed by atoms with Gasteiger partial charge in [0.15, 0.2) is 0 Å². The van der Waals surface area contributed by atoms with E-state index in [0.717, 1.165) is 6.47 Å². The van der Waals surface area contributed by atoms with Crippen LogP contribution in [0.15, 0.2) is 0 Å². The molecule has 0 saturated heterocycles. The van der Waals surface area contributed by atoms with E-state index in [1.54, 1.807) is 0 Å². The van der Waals surface area contributed by atoms with Crippen LogP contribution >= 0.6 is 0 Å². The molecule has 0 aliphatic rings. The van der Waals surface area contributed by atoms with Gasteiger partial charge < -0.3 is 4.74 Å². The van der Waals surface area contributed by atoms with Crippen molar-refractivity contribution in [3.63, 3.8) is 0 Å². The first-order chi connectivity index (χ1) is 4.06. The summed E-state index contributed by atoms with van der Waals surface area (Å²) in [5, 5.41) is 0. The molecule has 0 spiro atoms. The summed E-state index contributed by atoms with van der Waals surface area (Å²) in [7, 11) is 0. The first kappa shape index (κ1) is 8.26. The molecule has 0 unspecified atom stereocenters. The van der Waals surface area contributed by atoms with Gasteiger partial charge >= 0.3 is 12.6 Å². The Morgan fingerprint density at radius 1 is 1.44 bits per heavy atom. The lowest BCUT2D eigenvalue weighted by Gasteiger charge is -2.02. The van der Waals surface area contributed by atoms with Crippen LogP contribution in [0.4, 0.5) is 13.2 Å². The van der Waals surface area contributed by atoms with E-state index in [-0.39, 0.29) is 0 Å². The van der Waals surface area contributed by atoms with E-state index in [9.17, 15) is 18.0 Å². The molecule has 0 aromatic heterocycles. The highest BCUT2D eigenvalue weighted by molar-refractivity contribution is 5.38. The topological polar surface area (TPSA) is 26.3 Å². The van der Waals surface area contributed by atoms with E-state index in [4.69, 9.17) is 0 Å². The van der Waals surface area contributed by atoms with Crippen molar-refractivity contribution < 1.29 is 22.7 Å². The lowest BCUT2D eigenvalue weighted by atomic mass is 10.4. The molecule has 1 radical (unpaired) electrons. The number of hydrogen-bond donors (Lipinski definition) is 0. The van der Waals surface area contributed by atoms with Crippen LogP contribution < -0.4 is 0 Å². The van der Waals surface area contributed by atoms with Gasteiger partial charge in [0.05, 0.1) is 6.42 Å². The predicted molar refractivity (Wildman–Crippen MR) is 22.3 cm³/mol. The van der Waals surface area contributed by atoms with Crippen LogP contribution in [0.25, 0.3) is 0 Å². The second-order valence-electron chi connectivity index (χ2n) is 1.30. The van der Waals surface area contributed by atoms with Crippen molar-refractivity contribution in [3.8, 4) is 0 Å². The summed E-state index contributed by atoms with van der Waals surface area (Å²) in [5.41, 5.74) is 0. The number of halogens is 3. The van der Waals surface area contributed by atoms with E-state index in [0.29, 0.717) is 0 Å². The smallest absolute Gasteiger partial charge is 0.417 e. The summed E-state index contributed by atoms with van der Waals surface area (Å²) in [6, 6.07) is 0. The Bertz CT molecular complexity index is 88.3. The van der Waals surface area contributed by atoms with Crippen LogP contribution in [0.2, 0.25) is 0 Å². The summed E-state index contributed by atoms with van der Waals surface area (Å²) >= 11 is 0. The standard InChI is InChI=1S/C4H4F3O2/c5-4(6,7)1-2-9-3-8/h1-2H2. The molecule has 0 aliphatic carbocycles. The zero-order valence-corrected chi connectivity index (χ0v) is 4.36. The number of alkyl halides is 3. The van der Waals surface area contributed by atoms with Crippen LogP contribution in [0.1, 0.15) is 6.42 Å². The van der Waals surface area contributed by atoms with Crippen molar-refractivity contribution in [2.24, 2.45) is 0 Å². The van der Waals surface area contributed by atoms with Gasteiger partial charge in [0, 0.05) is 0 Å². The minimum absolute atomic E-state index is 0.646. The maximum atomic E-state index is 11.2. The van der Waals surface area contributed by atoms with Gasteiger partial charge in [0.2, 0.25) is 0 Å².